The lowest BCUT2D eigenvalue weighted by Crippen LogP contribution is -2.49. The molecule has 4 amide bonds. The Hall–Kier alpha value is -3.39. The number of urea groups is 1. The predicted molar refractivity (Wildman–Crippen MR) is 128 cm³/mol. The molecule has 0 radical (unpaired) electrons. The van der Waals surface area contributed by atoms with Gasteiger partial charge in [-0.05, 0) is 57.0 Å². The number of likely N-dealkylation sites (tertiary alicyclic amines) is 1. The molecule has 0 aliphatic carbocycles. The number of nitrogens with zero attached hydrogens (tertiary/aromatic N) is 2. The van der Waals surface area contributed by atoms with Crippen LogP contribution in [0.3, 0.4) is 0 Å². The van der Waals surface area contributed by atoms with Gasteiger partial charge in [0.2, 0.25) is 5.91 Å². The molecule has 11 nitrogen and oxygen atoms in total. The van der Waals surface area contributed by atoms with Crippen molar-refractivity contribution in [2.45, 2.75) is 50.5 Å². The van der Waals surface area contributed by atoms with Gasteiger partial charge < -0.3 is 24.8 Å². The molecule has 14 heteroatoms. The van der Waals surface area contributed by atoms with E-state index in [1.54, 1.807) is 18.2 Å². The molecule has 3 N–H and O–H groups in total. The number of methoxy groups -OCH3 is 1. The molecule has 0 bridgehead atoms. The fraction of sp³-hybridized carbons (Fsp3) is 0.583. The Balaban J connectivity index is 0.000000505. The van der Waals surface area contributed by atoms with Gasteiger partial charge in [0, 0.05) is 31.6 Å². The molecule has 3 heterocycles. The van der Waals surface area contributed by atoms with Crippen molar-refractivity contribution in [2.24, 2.45) is 0 Å². The normalized spacial score (nSPS) is 19.4. The number of anilines is 1. The maximum Gasteiger partial charge on any atom is 0.490 e. The van der Waals surface area contributed by atoms with Crippen molar-refractivity contribution < 1.29 is 46.9 Å². The van der Waals surface area contributed by atoms with Crippen molar-refractivity contribution in [1.29, 1.82) is 0 Å². The lowest BCUT2D eigenvalue weighted by molar-refractivity contribution is -0.192. The molecule has 0 unspecified atom stereocenters. The second-order valence-corrected chi connectivity index (χ2v) is 9.02. The molecule has 210 valence electrons. The van der Waals surface area contributed by atoms with Crippen LogP contribution < -0.4 is 20.3 Å². The average Bonchev–Trinajstić information content (AvgIpc) is 2.89. The van der Waals surface area contributed by atoms with Gasteiger partial charge in [-0.15, -0.1) is 0 Å². The molecule has 3 aliphatic heterocycles. The van der Waals surface area contributed by atoms with Crippen LogP contribution in [0.1, 0.15) is 42.5 Å². The number of hydrogen-bond acceptors (Lipinski definition) is 7. The molecule has 3 fully saturated rings. The van der Waals surface area contributed by atoms with Crippen LogP contribution in [0.2, 0.25) is 0 Å². The van der Waals surface area contributed by atoms with E-state index in [0.29, 0.717) is 36.2 Å². The van der Waals surface area contributed by atoms with Gasteiger partial charge in [-0.25, -0.2) is 9.59 Å². The lowest BCUT2D eigenvalue weighted by atomic mass is 10.0. The molecule has 4 rings (SSSR count). The maximum absolute atomic E-state index is 13.1. The summed E-state index contributed by atoms with van der Waals surface area (Å²) in [6.07, 6.45) is -0.608. The highest BCUT2D eigenvalue weighted by Gasteiger charge is 2.38. The number of carboxylic acids is 1. The lowest BCUT2D eigenvalue weighted by Gasteiger charge is -2.35. The first-order valence-electron chi connectivity index (χ1n) is 12.2. The summed E-state index contributed by atoms with van der Waals surface area (Å²) in [5.41, 5.74) is 0.987. The van der Waals surface area contributed by atoms with Crippen molar-refractivity contribution >= 4 is 29.5 Å². The number of rotatable bonds is 5. The molecular weight excluding hydrogens is 513 g/mol. The van der Waals surface area contributed by atoms with E-state index in [2.05, 4.69) is 10.6 Å². The van der Waals surface area contributed by atoms with Crippen LogP contribution in [0.4, 0.5) is 23.7 Å². The quantitative estimate of drug-likeness (QED) is 0.513. The fourth-order valence-electron chi connectivity index (χ4n) is 4.41. The molecule has 0 spiro atoms. The summed E-state index contributed by atoms with van der Waals surface area (Å²) in [5.74, 6) is -2.65. The largest absolute Gasteiger partial charge is 0.495 e. The zero-order valence-corrected chi connectivity index (χ0v) is 20.9. The smallest absolute Gasteiger partial charge is 0.490 e. The van der Waals surface area contributed by atoms with Crippen molar-refractivity contribution in [3.8, 4) is 5.75 Å². The molecule has 0 saturated carbocycles. The van der Waals surface area contributed by atoms with Crippen LogP contribution in [0.15, 0.2) is 18.2 Å². The number of hydrogen-bond donors (Lipinski definition) is 3. The van der Waals surface area contributed by atoms with Crippen molar-refractivity contribution in [3.63, 3.8) is 0 Å². The van der Waals surface area contributed by atoms with Crippen molar-refractivity contribution in [2.75, 3.05) is 44.7 Å². The van der Waals surface area contributed by atoms with Gasteiger partial charge in [-0.3, -0.25) is 19.8 Å². The summed E-state index contributed by atoms with van der Waals surface area (Å²) in [7, 11) is 1.51. The molecule has 1 aromatic rings. The standard InChI is InChI=1S/C22H30N4O5.C2HF3O2/c1-30-19-3-2-15(14-18(19)26-13-8-20(27)24-22(26)29)21(28)25-11-6-17(7-12-25)31-16-4-9-23-10-5-16;3-2(4,5)1(6)7/h2-3,14,16-17,23H,4-13H2,1H3,(H,24,27,29);(H,6,7). The third-order valence-corrected chi connectivity index (χ3v) is 6.41. The van der Waals surface area contributed by atoms with Gasteiger partial charge in [0.1, 0.15) is 5.75 Å². The summed E-state index contributed by atoms with van der Waals surface area (Å²) in [4.78, 5) is 49.1. The average molecular weight is 545 g/mol. The Kier molecular flexibility index (Phi) is 9.91. The molecule has 38 heavy (non-hydrogen) atoms. The zero-order chi connectivity index (χ0) is 27.9. The monoisotopic (exact) mass is 544 g/mol. The van der Waals surface area contributed by atoms with E-state index in [1.807, 2.05) is 4.90 Å². The Labute approximate surface area is 217 Å². The number of ether oxygens (including phenoxy) is 2. The van der Waals surface area contributed by atoms with Crippen molar-refractivity contribution in [3.05, 3.63) is 23.8 Å². The number of aliphatic carboxylic acids is 1. The second-order valence-electron chi connectivity index (χ2n) is 9.02. The van der Waals surface area contributed by atoms with Crippen molar-refractivity contribution in [1.82, 2.24) is 15.5 Å². The Bertz CT molecular complexity index is 1020. The Morgan fingerprint density at radius 3 is 2.18 bits per heavy atom. The molecule has 3 aliphatic rings. The van der Waals surface area contributed by atoms with E-state index in [1.165, 1.54) is 12.0 Å². The van der Waals surface area contributed by atoms with E-state index in [4.69, 9.17) is 19.4 Å². The number of alkyl halides is 3. The number of carbonyl (C=O) groups is 4. The number of halogens is 3. The van der Waals surface area contributed by atoms with E-state index in [0.717, 1.165) is 38.8 Å². The highest BCUT2D eigenvalue weighted by molar-refractivity contribution is 6.07. The molecular formula is C24H31F3N4O7. The summed E-state index contributed by atoms with van der Waals surface area (Å²) >= 11 is 0. The number of amides is 4. The van der Waals surface area contributed by atoms with Crippen LogP contribution in [0.25, 0.3) is 0 Å². The molecule has 0 aromatic heterocycles. The number of carboxylic acid groups (broad SMARTS) is 1. The number of carbonyl (C=O) groups excluding carboxylic acids is 3. The first-order valence-corrected chi connectivity index (χ1v) is 12.2. The van der Waals surface area contributed by atoms with Gasteiger partial charge >= 0.3 is 18.2 Å². The first kappa shape index (κ1) is 29.2. The number of benzene rings is 1. The second kappa shape index (κ2) is 12.9. The fourth-order valence-corrected chi connectivity index (χ4v) is 4.41. The predicted octanol–water partition coefficient (Wildman–Crippen LogP) is 2.15. The highest BCUT2D eigenvalue weighted by atomic mass is 19.4. The highest BCUT2D eigenvalue weighted by Crippen LogP contribution is 2.31. The number of piperidine rings is 2. The molecule has 3 saturated heterocycles. The van der Waals surface area contributed by atoms with E-state index in [-0.39, 0.29) is 30.9 Å². The van der Waals surface area contributed by atoms with E-state index >= 15 is 0 Å². The Morgan fingerprint density at radius 2 is 1.63 bits per heavy atom. The summed E-state index contributed by atoms with van der Waals surface area (Å²) in [6, 6.07) is 4.58. The number of nitrogens with one attached hydrogen (secondary N) is 2. The Morgan fingerprint density at radius 1 is 1.03 bits per heavy atom. The van der Waals surface area contributed by atoms with Crippen LogP contribution in [-0.2, 0) is 14.3 Å². The zero-order valence-electron chi connectivity index (χ0n) is 20.9. The number of imide groups is 1. The van der Waals surface area contributed by atoms with Crippen LogP contribution >= 0.6 is 0 Å². The minimum atomic E-state index is -5.08. The third-order valence-electron chi connectivity index (χ3n) is 6.41. The summed E-state index contributed by atoms with van der Waals surface area (Å²) < 4.78 is 43.4. The van der Waals surface area contributed by atoms with Gasteiger partial charge in [-0.1, -0.05) is 0 Å². The van der Waals surface area contributed by atoms with E-state index in [9.17, 15) is 27.6 Å². The van der Waals surface area contributed by atoms with Crippen LogP contribution in [0.5, 0.6) is 5.75 Å². The van der Waals surface area contributed by atoms with Gasteiger partial charge in [0.05, 0.1) is 25.0 Å². The minimum absolute atomic E-state index is 0.0716. The van der Waals surface area contributed by atoms with Gasteiger partial charge in [-0.2, -0.15) is 13.2 Å². The van der Waals surface area contributed by atoms with Gasteiger partial charge in [0.15, 0.2) is 0 Å². The minimum Gasteiger partial charge on any atom is -0.495 e. The van der Waals surface area contributed by atoms with Crippen LogP contribution in [0, 0.1) is 0 Å². The van der Waals surface area contributed by atoms with Crippen LogP contribution in [-0.4, -0.2) is 92.0 Å². The maximum atomic E-state index is 13.1. The topological polar surface area (TPSA) is 138 Å². The third kappa shape index (κ3) is 7.81. The van der Waals surface area contributed by atoms with Gasteiger partial charge in [0.25, 0.3) is 5.91 Å². The first-order chi connectivity index (χ1) is 18.0. The SMILES string of the molecule is COc1ccc(C(=O)N2CCC(OC3CCNCC3)CC2)cc1N1CCC(=O)NC1=O.O=C(O)C(F)(F)F. The summed E-state index contributed by atoms with van der Waals surface area (Å²) in [6.45, 7) is 3.55. The molecule has 0 atom stereocenters. The summed E-state index contributed by atoms with van der Waals surface area (Å²) in [5, 5.41) is 12.8. The van der Waals surface area contributed by atoms with E-state index < -0.39 is 18.2 Å². The molecule has 1 aromatic carbocycles.